The van der Waals surface area contributed by atoms with Gasteiger partial charge in [0.2, 0.25) is 0 Å². The van der Waals surface area contributed by atoms with E-state index in [2.05, 4.69) is 15.5 Å². The second-order valence-electron chi connectivity index (χ2n) is 5.73. The van der Waals surface area contributed by atoms with E-state index < -0.39 is 6.17 Å². The fourth-order valence-corrected chi connectivity index (χ4v) is 3.53. The Morgan fingerprint density at radius 1 is 1.37 bits per heavy atom. The van der Waals surface area contributed by atoms with Gasteiger partial charge in [0, 0.05) is 11.6 Å². The number of aromatic nitrogens is 3. The van der Waals surface area contributed by atoms with Crippen LogP contribution in [0, 0.1) is 0 Å². The largest absolute Gasteiger partial charge is 0.325 e. The number of fused-ring (bicyclic) bond motifs is 1. The van der Waals surface area contributed by atoms with Gasteiger partial charge < -0.3 is 9.88 Å². The Kier molecular flexibility index (Phi) is 2.39. The smallest absolute Gasteiger partial charge is 0.162 e. The predicted molar refractivity (Wildman–Crippen MR) is 70.7 cm³/mol. The highest BCUT2D eigenvalue weighted by atomic mass is 19.1. The van der Waals surface area contributed by atoms with Crippen LogP contribution in [0.5, 0.6) is 0 Å². The van der Waals surface area contributed by atoms with E-state index in [1.165, 1.54) is 0 Å². The van der Waals surface area contributed by atoms with Crippen LogP contribution < -0.4 is 5.32 Å². The van der Waals surface area contributed by atoms with E-state index in [4.69, 9.17) is 0 Å². The molecule has 2 aliphatic rings. The molecule has 0 bridgehead atoms. The lowest BCUT2D eigenvalue weighted by Gasteiger charge is -2.51. The molecule has 3 heterocycles. The lowest BCUT2D eigenvalue weighted by Crippen LogP contribution is -2.63. The summed E-state index contributed by atoms with van der Waals surface area (Å²) in [6, 6.07) is 3.80. The van der Waals surface area contributed by atoms with Crippen LogP contribution in [0.15, 0.2) is 24.5 Å². The number of piperidine rings is 1. The van der Waals surface area contributed by atoms with Crippen LogP contribution in [0.25, 0.3) is 11.0 Å². The van der Waals surface area contributed by atoms with E-state index in [1.54, 1.807) is 6.20 Å². The standard InChI is InChI=1S/C14H17FN4/c15-12-11(3-7-16-14(12)5-1-6-14)19-9-4-10-2-8-17-18-13(10)19/h2,4,8-9,11-12,16H,1,3,5-7H2/t11-,12-/m1/s1. The minimum Gasteiger partial charge on any atom is -0.325 e. The lowest BCUT2D eigenvalue weighted by molar-refractivity contribution is 0.00655. The Hall–Kier alpha value is -1.49. The molecular formula is C14H17FN4. The summed E-state index contributed by atoms with van der Waals surface area (Å²) in [6.45, 7) is 0.880. The normalized spacial score (nSPS) is 29.5. The van der Waals surface area contributed by atoms with E-state index in [0.29, 0.717) is 0 Å². The lowest BCUT2D eigenvalue weighted by atomic mass is 9.69. The van der Waals surface area contributed by atoms with Crippen LogP contribution in [0.2, 0.25) is 0 Å². The highest BCUT2D eigenvalue weighted by Crippen LogP contribution is 2.44. The van der Waals surface area contributed by atoms with Gasteiger partial charge in [-0.3, -0.25) is 0 Å². The monoisotopic (exact) mass is 260 g/mol. The highest BCUT2D eigenvalue weighted by Gasteiger charge is 2.50. The molecule has 1 spiro atoms. The van der Waals surface area contributed by atoms with Crippen LogP contribution in [0.4, 0.5) is 4.39 Å². The SMILES string of the molecule is F[C@@H]1[C@H](n2ccc3ccnnc32)CCNC12CCC2. The molecule has 0 aromatic carbocycles. The van der Waals surface area contributed by atoms with Crippen molar-refractivity contribution in [2.45, 2.75) is 43.4 Å². The van der Waals surface area contributed by atoms with E-state index >= 15 is 0 Å². The fourth-order valence-electron chi connectivity index (χ4n) is 3.53. The molecule has 1 saturated heterocycles. The van der Waals surface area contributed by atoms with Gasteiger partial charge in [-0.25, -0.2) is 4.39 Å². The molecule has 0 radical (unpaired) electrons. The van der Waals surface area contributed by atoms with Crippen LogP contribution in [-0.4, -0.2) is 33.0 Å². The summed E-state index contributed by atoms with van der Waals surface area (Å²) < 4.78 is 16.9. The second kappa shape index (κ2) is 4.00. The summed E-state index contributed by atoms with van der Waals surface area (Å²) in [4.78, 5) is 0. The summed E-state index contributed by atoms with van der Waals surface area (Å²) in [5, 5.41) is 12.5. The van der Waals surface area contributed by atoms with Gasteiger partial charge in [0.15, 0.2) is 5.65 Å². The summed E-state index contributed by atoms with van der Waals surface area (Å²) in [7, 11) is 0. The van der Waals surface area contributed by atoms with E-state index in [1.807, 2.05) is 22.9 Å². The average molecular weight is 260 g/mol. The van der Waals surface area contributed by atoms with Crippen LogP contribution in [-0.2, 0) is 0 Å². The summed E-state index contributed by atoms with van der Waals surface area (Å²) in [5.74, 6) is 0. The summed E-state index contributed by atoms with van der Waals surface area (Å²) in [5.41, 5.74) is 0.522. The maximum Gasteiger partial charge on any atom is 0.162 e. The molecule has 100 valence electrons. The Morgan fingerprint density at radius 2 is 2.26 bits per heavy atom. The number of hydrogen-bond donors (Lipinski definition) is 1. The average Bonchev–Trinajstić information content (AvgIpc) is 2.81. The molecule has 0 unspecified atom stereocenters. The third-order valence-electron chi connectivity index (χ3n) is 4.78. The number of nitrogens with zero attached hydrogens (tertiary/aromatic N) is 3. The van der Waals surface area contributed by atoms with Crippen molar-refractivity contribution in [2.24, 2.45) is 0 Å². The van der Waals surface area contributed by atoms with Gasteiger partial charge in [-0.15, -0.1) is 5.10 Å². The van der Waals surface area contributed by atoms with Gasteiger partial charge in [0.25, 0.3) is 0 Å². The minimum atomic E-state index is -0.840. The maximum atomic E-state index is 14.9. The van der Waals surface area contributed by atoms with Crippen molar-refractivity contribution in [2.75, 3.05) is 6.54 Å². The maximum absolute atomic E-state index is 14.9. The van der Waals surface area contributed by atoms with Crippen molar-refractivity contribution in [3.8, 4) is 0 Å². The molecule has 1 aliphatic carbocycles. The number of rotatable bonds is 1. The van der Waals surface area contributed by atoms with Gasteiger partial charge in [0.1, 0.15) is 6.17 Å². The predicted octanol–water partition coefficient (Wildman–Crippen LogP) is 2.23. The first kappa shape index (κ1) is 11.3. The molecule has 5 heteroatoms. The fraction of sp³-hybridized carbons (Fsp3) is 0.571. The van der Waals surface area contributed by atoms with E-state index in [0.717, 1.165) is 43.3 Å². The first-order valence-electron chi connectivity index (χ1n) is 6.97. The Balaban J connectivity index is 1.75. The molecule has 1 N–H and O–H groups in total. The third-order valence-corrected chi connectivity index (χ3v) is 4.78. The van der Waals surface area contributed by atoms with E-state index in [9.17, 15) is 4.39 Å². The molecule has 2 aromatic rings. The topological polar surface area (TPSA) is 42.7 Å². The van der Waals surface area contributed by atoms with Crippen molar-refractivity contribution in [1.82, 2.24) is 20.1 Å². The van der Waals surface area contributed by atoms with Crippen LogP contribution in [0.1, 0.15) is 31.7 Å². The Bertz CT molecular complexity index is 604. The minimum absolute atomic E-state index is 0.115. The molecule has 4 nitrogen and oxygen atoms in total. The van der Waals surface area contributed by atoms with E-state index in [-0.39, 0.29) is 11.6 Å². The number of hydrogen-bond acceptors (Lipinski definition) is 3. The number of alkyl halides is 1. The molecule has 0 amide bonds. The molecule has 19 heavy (non-hydrogen) atoms. The highest BCUT2D eigenvalue weighted by molar-refractivity contribution is 5.75. The summed E-state index contributed by atoms with van der Waals surface area (Å²) in [6.07, 6.45) is 6.64. The first-order chi connectivity index (χ1) is 9.30. The van der Waals surface area contributed by atoms with Gasteiger partial charge >= 0.3 is 0 Å². The van der Waals surface area contributed by atoms with Gasteiger partial charge in [-0.1, -0.05) is 0 Å². The van der Waals surface area contributed by atoms with Crippen molar-refractivity contribution in [3.63, 3.8) is 0 Å². The molecule has 1 aliphatic heterocycles. The Morgan fingerprint density at radius 3 is 3.05 bits per heavy atom. The Labute approximate surface area is 111 Å². The summed E-state index contributed by atoms with van der Waals surface area (Å²) >= 11 is 0. The zero-order valence-corrected chi connectivity index (χ0v) is 10.7. The van der Waals surface area contributed by atoms with Crippen LogP contribution in [0.3, 0.4) is 0 Å². The number of halogens is 1. The van der Waals surface area contributed by atoms with Gasteiger partial charge in [0.05, 0.1) is 17.8 Å². The second-order valence-corrected chi connectivity index (χ2v) is 5.73. The zero-order chi connectivity index (χ0) is 12.9. The number of nitrogens with one attached hydrogen (secondary N) is 1. The third kappa shape index (κ3) is 1.54. The van der Waals surface area contributed by atoms with Crippen LogP contribution >= 0.6 is 0 Å². The van der Waals surface area contributed by atoms with Crippen molar-refractivity contribution < 1.29 is 4.39 Å². The van der Waals surface area contributed by atoms with Gasteiger partial charge in [-0.2, -0.15) is 5.10 Å². The van der Waals surface area contributed by atoms with Crippen molar-refractivity contribution in [3.05, 3.63) is 24.5 Å². The molecule has 4 rings (SSSR count). The quantitative estimate of drug-likeness (QED) is 0.855. The molecule has 1 saturated carbocycles. The molecule has 2 atom stereocenters. The van der Waals surface area contributed by atoms with Crippen molar-refractivity contribution in [1.29, 1.82) is 0 Å². The first-order valence-corrected chi connectivity index (χ1v) is 6.97. The van der Waals surface area contributed by atoms with Gasteiger partial charge in [-0.05, 0) is 44.4 Å². The molecule has 2 fully saturated rings. The van der Waals surface area contributed by atoms with Crippen molar-refractivity contribution >= 4 is 11.0 Å². The molecule has 2 aromatic heterocycles. The zero-order valence-electron chi connectivity index (χ0n) is 10.7. The molecular weight excluding hydrogens is 243 g/mol.